The van der Waals surface area contributed by atoms with Crippen molar-refractivity contribution < 1.29 is 13.2 Å². The molecule has 0 unspecified atom stereocenters. The summed E-state index contributed by atoms with van der Waals surface area (Å²) in [6, 6.07) is 10.1. The van der Waals surface area contributed by atoms with Crippen molar-refractivity contribution >= 4 is 38.9 Å². The lowest BCUT2D eigenvalue weighted by molar-refractivity contribution is -0.125. The first-order valence-corrected chi connectivity index (χ1v) is 11.4. The van der Waals surface area contributed by atoms with Crippen LogP contribution in [0.5, 0.6) is 0 Å². The van der Waals surface area contributed by atoms with Crippen LogP contribution in [-0.2, 0) is 21.2 Å². The molecule has 4 rings (SSSR count). The molecule has 1 heterocycles. The van der Waals surface area contributed by atoms with E-state index in [9.17, 15) is 13.2 Å². The Morgan fingerprint density at radius 1 is 1.18 bits per heavy atom. The Bertz CT molecular complexity index is 1050. The average Bonchev–Trinajstić information content (AvgIpc) is 2.90. The zero-order chi connectivity index (χ0) is 20.1. The summed E-state index contributed by atoms with van der Waals surface area (Å²) in [5.74, 6) is 0.286. The highest BCUT2D eigenvalue weighted by Gasteiger charge is 2.37. The highest BCUT2D eigenvalue weighted by molar-refractivity contribution is 7.92. The van der Waals surface area contributed by atoms with Gasteiger partial charge in [-0.1, -0.05) is 18.0 Å². The van der Waals surface area contributed by atoms with E-state index >= 15 is 0 Å². The molecule has 1 amide bonds. The number of nitrogens with zero attached hydrogens (tertiary/aromatic N) is 1. The molecule has 7 heteroatoms. The Kier molecular flexibility index (Phi) is 4.88. The molecule has 0 saturated heterocycles. The maximum Gasteiger partial charge on any atom is 0.261 e. The number of hydrogen-bond donors (Lipinski definition) is 1. The molecule has 1 saturated carbocycles. The standard InChI is InChI=1S/C21H23ClN2O3S/c1-13-10-17(22)6-8-19(13)23-28(26,27)18-7-9-20-16(12-18)11-14(2)24(20)21(25)15-4-3-5-15/h6-10,12,14-15,23H,3-5,11H2,1-2H3/t14-/m1/s1. The van der Waals surface area contributed by atoms with Gasteiger partial charge in [0.1, 0.15) is 0 Å². The van der Waals surface area contributed by atoms with Gasteiger partial charge in [-0.05, 0) is 80.6 Å². The lowest BCUT2D eigenvalue weighted by Gasteiger charge is -2.32. The highest BCUT2D eigenvalue weighted by Crippen LogP contribution is 2.38. The zero-order valence-corrected chi connectivity index (χ0v) is 17.5. The van der Waals surface area contributed by atoms with Crippen LogP contribution in [-0.4, -0.2) is 20.4 Å². The molecule has 1 fully saturated rings. The fourth-order valence-corrected chi connectivity index (χ4v) is 5.32. The number of sulfonamides is 1. The molecular weight excluding hydrogens is 396 g/mol. The molecule has 1 aliphatic carbocycles. The van der Waals surface area contributed by atoms with Crippen LogP contribution in [0.2, 0.25) is 5.02 Å². The van der Waals surface area contributed by atoms with E-state index in [1.165, 1.54) is 0 Å². The van der Waals surface area contributed by atoms with Gasteiger partial charge in [-0.2, -0.15) is 0 Å². The second-order valence-corrected chi connectivity index (χ2v) is 9.86. The summed E-state index contributed by atoms with van der Waals surface area (Å²) in [7, 11) is -3.73. The summed E-state index contributed by atoms with van der Waals surface area (Å²) < 4.78 is 28.4. The van der Waals surface area contributed by atoms with Crippen LogP contribution < -0.4 is 9.62 Å². The molecule has 0 bridgehead atoms. The minimum atomic E-state index is -3.73. The van der Waals surface area contributed by atoms with Crippen molar-refractivity contribution in [1.29, 1.82) is 0 Å². The van der Waals surface area contributed by atoms with Crippen LogP contribution in [0.4, 0.5) is 11.4 Å². The number of hydrogen-bond acceptors (Lipinski definition) is 3. The third-order valence-corrected chi connectivity index (χ3v) is 7.30. The van der Waals surface area contributed by atoms with Gasteiger partial charge >= 0.3 is 0 Å². The lowest BCUT2D eigenvalue weighted by Crippen LogP contribution is -2.42. The van der Waals surface area contributed by atoms with Gasteiger partial charge in [0.25, 0.3) is 10.0 Å². The maximum atomic E-state index is 12.9. The number of amides is 1. The van der Waals surface area contributed by atoms with Crippen LogP contribution in [0, 0.1) is 12.8 Å². The van der Waals surface area contributed by atoms with Crippen molar-refractivity contribution in [2.45, 2.75) is 50.5 Å². The summed E-state index contributed by atoms with van der Waals surface area (Å²) in [5.41, 5.74) is 2.99. The Hall–Kier alpha value is -2.05. The predicted molar refractivity (Wildman–Crippen MR) is 111 cm³/mol. The van der Waals surface area contributed by atoms with Gasteiger partial charge in [-0.3, -0.25) is 9.52 Å². The lowest BCUT2D eigenvalue weighted by atomic mass is 9.84. The van der Waals surface area contributed by atoms with Crippen LogP contribution >= 0.6 is 11.6 Å². The van der Waals surface area contributed by atoms with Crippen LogP contribution in [0.25, 0.3) is 0 Å². The Morgan fingerprint density at radius 3 is 2.57 bits per heavy atom. The Balaban J connectivity index is 1.62. The quantitative estimate of drug-likeness (QED) is 0.793. The molecule has 1 atom stereocenters. The summed E-state index contributed by atoms with van der Waals surface area (Å²) in [6.45, 7) is 3.82. The molecule has 0 aromatic heterocycles. The number of carbonyl (C=O) groups is 1. The van der Waals surface area contributed by atoms with E-state index in [-0.39, 0.29) is 22.8 Å². The summed E-state index contributed by atoms with van der Waals surface area (Å²) in [6.07, 6.45) is 3.68. The smallest absolute Gasteiger partial charge is 0.261 e. The van der Waals surface area contributed by atoms with Gasteiger partial charge < -0.3 is 4.90 Å². The molecular formula is C21H23ClN2O3S. The SMILES string of the molecule is Cc1cc(Cl)ccc1NS(=O)(=O)c1ccc2c(c1)C[C@@H](C)N2C(=O)C1CCC1. The summed E-state index contributed by atoms with van der Waals surface area (Å²) in [5, 5.41) is 0.559. The van der Waals surface area contributed by atoms with Gasteiger partial charge in [-0.15, -0.1) is 0 Å². The monoisotopic (exact) mass is 418 g/mol. The molecule has 2 aliphatic rings. The Labute approximate surface area is 170 Å². The van der Waals surface area contributed by atoms with Gasteiger partial charge in [0.2, 0.25) is 5.91 Å². The fraction of sp³-hybridized carbons (Fsp3) is 0.381. The number of halogens is 1. The van der Waals surface area contributed by atoms with Crippen molar-refractivity contribution in [2.75, 3.05) is 9.62 Å². The second kappa shape index (κ2) is 7.08. The van der Waals surface area contributed by atoms with E-state index in [1.807, 2.05) is 11.8 Å². The van der Waals surface area contributed by atoms with E-state index in [0.29, 0.717) is 17.1 Å². The van der Waals surface area contributed by atoms with Crippen molar-refractivity contribution in [3.63, 3.8) is 0 Å². The van der Waals surface area contributed by atoms with E-state index in [0.717, 1.165) is 36.1 Å². The number of rotatable bonds is 4. The normalized spacial score (nSPS) is 19.2. The van der Waals surface area contributed by atoms with E-state index in [2.05, 4.69) is 4.72 Å². The highest BCUT2D eigenvalue weighted by atomic mass is 35.5. The fourth-order valence-electron chi connectivity index (χ4n) is 3.91. The molecule has 2 aromatic carbocycles. The number of benzene rings is 2. The molecule has 1 aliphatic heterocycles. The first-order chi connectivity index (χ1) is 13.3. The first kappa shape index (κ1) is 19.3. The van der Waals surface area contributed by atoms with E-state index in [4.69, 9.17) is 11.6 Å². The minimum absolute atomic E-state index is 0.0486. The molecule has 28 heavy (non-hydrogen) atoms. The molecule has 0 radical (unpaired) electrons. The molecule has 5 nitrogen and oxygen atoms in total. The molecule has 0 spiro atoms. The number of carbonyl (C=O) groups excluding carboxylic acids is 1. The summed E-state index contributed by atoms with van der Waals surface area (Å²) in [4.78, 5) is 14.8. The van der Waals surface area contributed by atoms with E-state index < -0.39 is 10.0 Å². The maximum absolute atomic E-state index is 12.9. The number of aryl methyl sites for hydroxylation is 1. The third kappa shape index (κ3) is 3.40. The topological polar surface area (TPSA) is 66.5 Å². The number of anilines is 2. The summed E-state index contributed by atoms with van der Waals surface area (Å²) >= 11 is 5.95. The molecule has 2 aromatic rings. The van der Waals surface area contributed by atoms with Gasteiger partial charge in [0.05, 0.1) is 10.6 Å². The van der Waals surface area contributed by atoms with Gasteiger partial charge in [0.15, 0.2) is 0 Å². The van der Waals surface area contributed by atoms with Crippen LogP contribution in [0.15, 0.2) is 41.3 Å². The van der Waals surface area contributed by atoms with Gasteiger partial charge in [-0.25, -0.2) is 8.42 Å². The van der Waals surface area contributed by atoms with E-state index in [1.54, 1.807) is 43.3 Å². The van der Waals surface area contributed by atoms with Gasteiger partial charge in [0, 0.05) is 22.7 Å². The predicted octanol–water partition coefficient (Wildman–Crippen LogP) is 4.53. The van der Waals surface area contributed by atoms with Crippen molar-refractivity contribution in [2.24, 2.45) is 5.92 Å². The van der Waals surface area contributed by atoms with Crippen LogP contribution in [0.3, 0.4) is 0 Å². The molecule has 1 N–H and O–H groups in total. The first-order valence-electron chi connectivity index (χ1n) is 9.51. The van der Waals surface area contributed by atoms with Crippen molar-refractivity contribution in [1.82, 2.24) is 0 Å². The van der Waals surface area contributed by atoms with Crippen LogP contribution in [0.1, 0.15) is 37.3 Å². The Morgan fingerprint density at radius 2 is 1.93 bits per heavy atom. The zero-order valence-electron chi connectivity index (χ0n) is 15.9. The van der Waals surface area contributed by atoms with Crippen molar-refractivity contribution in [3.8, 4) is 0 Å². The minimum Gasteiger partial charge on any atom is -0.309 e. The second-order valence-electron chi connectivity index (χ2n) is 7.74. The largest absolute Gasteiger partial charge is 0.309 e. The third-order valence-electron chi connectivity index (χ3n) is 5.70. The number of fused-ring (bicyclic) bond motifs is 1. The average molecular weight is 419 g/mol. The number of nitrogens with one attached hydrogen (secondary N) is 1. The van der Waals surface area contributed by atoms with Crippen molar-refractivity contribution in [3.05, 3.63) is 52.5 Å². The molecule has 148 valence electrons.